The van der Waals surface area contributed by atoms with Crippen molar-refractivity contribution in [3.8, 4) is 17.1 Å². The maximum Gasteiger partial charge on any atom is 0.273 e. The van der Waals surface area contributed by atoms with Gasteiger partial charge in [0.2, 0.25) is 0 Å². The number of benzene rings is 1. The Morgan fingerprint density at radius 1 is 1.23 bits per heavy atom. The Morgan fingerprint density at radius 3 is 2.61 bits per heavy atom. The molecular weight excluding hydrogens is 394 g/mol. The highest BCUT2D eigenvalue weighted by atomic mass is 16.5. The Balaban J connectivity index is 1.43. The second-order valence-electron chi connectivity index (χ2n) is 8.20. The van der Waals surface area contributed by atoms with Crippen LogP contribution in [0.2, 0.25) is 0 Å². The summed E-state index contributed by atoms with van der Waals surface area (Å²) in [5.41, 5.74) is 1.09. The van der Waals surface area contributed by atoms with Crippen LogP contribution in [0.1, 0.15) is 47.8 Å². The van der Waals surface area contributed by atoms with Gasteiger partial charge in [-0.05, 0) is 75.2 Å². The predicted octanol–water partition coefficient (Wildman–Crippen LogP) is 4.45. The van der Waals surface area contributed by atoms with Crippen LogP contribution in [0.5, 0.6) is 5.75 Å². The lowest BCUT2D eigenvalue weighted by atomic mass is 9.97. The van der Waals surface area contributed by atoms with Crippen LogP contribution in [0.4, 0.5) is 0 Å². The molecule has 164 valence electrons. The third-order valence-electron chi connectivity index (χ3n) is 5.92. The number of nitrogens with zero attached hydrogens (tertiary/aromatic N) is 2. The van der Waals surface area contributed by atoms with Crippen molar-refractivity contribution in [2.75, 3.05) is 26.7 Å². The van der Waals surface area contributed by atoms with Crippen LogP contribution >= 0.6 is 0 Å². The molecule has 7 heteroatoms. The first-order valence-corrected chi connectivity index (χ1v) is 10.7. The molecule has 1 saturated heterocycles. The summed E-state index contributed by atoms with van der Waals surface area (Å²) in [5.74, 6) is 3.52. The maximum absolute atomic E-state index is 12.8. The highest BCUT2D eigenvalue weighted by Crippen LogP contribution is 2.28. The molecule has 1 aliphatic heterocycles. The molecule has 0 spiro atoms. The summed E-state index contributed by atoms with van der Waals surface area (Å²) in [7, 11) is 1.62. The molecule has 1 aromatic carbocycles. The van der Waals surface area contributed by atoms with Crippen LogP contribution in [0.3, 0.4) is 0 Å². The van der Waals surface area contributed by atoms with Gasteiger partial charge >= 0.3 is 0 Å². The number of aromatic nitrogens is 1. The normalized spacial score (nSPS) is 16.2. The number of methoxy groups -OCH3 is 1. The first kappa shape index (κ1) is 21.2. The van der Waals surface area contributed by atoms with E-state index in [2.05, 4.69) is 22.3 Å². The zero-order valence-corrected chi connectivity index (χ0v) is 18.3. The number of nitrogens with one attached hydrogen (secondary N) is 1. The molecule has 0 saturated carbocycles. The molecule has 4 rings (SSSR count). The standard InChI is InChI=1S/C24H29N3O4/c1-16-10-12-27(13-11-16)21(22-9-4-17(2)30-22)15-25-24(28)20-14-23(31-26-20)18-5-7-19(29-3)8-6-18/h4-9,14,16,21H,10-13,15H2,1-3H3,(H,25,28)/t21-/m0/s1. The molecule has 2 aromatic heterocycles. The summed E-state index contributed by atoms with van der Waals surface area (Å²) in [6.45, 7) is 6.66. The second-order valence-corrected chi connectivity index (χ2v) is 8.20. The first-order valence-electron chi connectivity index (χ1n) is 10.7. The van der Waals surface area contributed by atoms with Crippen molar-refractivity contribution in [2.24, 2.45) is 5.92 Å². The van der Waals surface area contributed by atoms with Crippen molar-refractivity contribution in [3.05, 3.63) is 59.7 Å². The number of amides is 1. The highest BCUT2D eigenvalue weighted by Gasteiger charge is 2.27. The van der Waals surface area contributed by atoms with E-state index in [9.17, 15) is 4.79 Å². The lowest BCUT2D eigenvalue weighted by Crippen LogP contribution is -2.41. The van der Waals surface area contributed by atoms with E-state index in [1.54, 1.807) is 13.2 Å². The van der Waals surface area contributed by atoms with E-state index in [0.717, 1.165) is 54.7 Å². The van der Waals surface area contributed by atoms with Crippen molar-refractivity contribution < 1.29 is 18.5 Å². The van der Waals surface area contributed by atoms with Gasteiger partial charge in [0.05, 0.1) is 13.2 Å². The van der Waals surface area contributed by atoms with E-state index in [-0.39, 0.29) is 17.6 Å². The van der Waals surface area contributed by atoms with Gasteiger partial charge in [-0.15, -0.1) is 0 Å². The van der Waals surface area contributed by atoms with Gasteiger partial charge in [-0.3, -0.25) is 9.69 Å². The molecule has 3 heterocycles. The molecule has 3 aromatic rings. The van der Waals surface area contributed by atoms with E-state index in [1.807, 2.05) is 43.3 Å². The average molecular weight is 424 g/mol. The van der Waals surface area contributed by atoms with Gasteiger partial charge in [0.15, 0.2) is 11.5 Å². The number of aryl methyl sites for hydroxylation is 1. The number of piperidine rings is 1. The summed E-state index contributed by atoms with van der Waals surface area (Å²) in [6.07, 6.45) is 2.30. The SMILES string of the molecule is COc1ccc(-c2cc(C(=O)NC[C@@H](c3ccc(C)o3)N3CCC(C)CC3)no2)cc1. The van der Waals surface area contributed by atoms with E-state index in [4.69, 9.17) is 13.7 Å². The smallest absolute Gasteiger partial charge is 0.273 e. The fourth-order valence-electron chi connectivity index (χ4n) is 3.94. The van der Waals surface area contributed by atoms with Crippen molar-refractivity contribution in [2.45, 2.75) is 32.7 Å². The fraction of sp³-hybridized carbons (Fsp3) is 0.417. The van der Waals surface area contributed by atoms with Crippen molar-refractivity contribution in [1.29, 1.82) is 0 Å². The molecule has 1 N–H and O–H groups in total. The molecule has 7 nitrogen and oxygen atoms in total. The number of carbonyl (C=O) groups is 1. The number of hydrogen-bond donors (Lipinski definition) is 1. The van der Waals surface area contributed by atoms with Crippen LogP contribution in [0.15, 0.2) is 51.4 Å². The first-order chi connectivity index (χ1) is 15.0. The summed E-state index contributed by atoms with van der Waals surface area (Å²) >= 11 is 0. The van der Waals surface area contributed by atoms with Gasteiger partial charge in [0.25, 0.3) is 5.91 Å². The minimum atomic E-state index is -0.262. The van der Waals surface area contributed by atoms with Gasteiger partial charge in [-0.2, -0.15) is 0 Å². The van der Waals surface area contributed by atoms with Crippen LogP contribution in [0.25, 0.3) is 11.3 Å². The molecule has 0 unspecified atom stereocenters. The lowest BCUT2D eigenvalue weighted by molar-refractivity contribution is 0.0887. The van der Waals surface area contributed by atoms with Crippen LogP contribution in [0, 0.1) is 12.8 Å². The molecular formula is C24H29N3O4. The van der Waals surface area contributed by atoms with Gasteiger partial charge in [0.1, 0.15) is 17.3 Å². The molecule has 0 bridgehead atoms. The maximum atomic E-state index is 12.8. The van der Waals surface area contributed by atoms with Gasteiger partial charge in [0, 0.05) is 18.2 Å². The minimum absolute atomic E-state index is 0.00175. The molecule has 1 fully saturated rings. The summed E-state index contributed by atoms with van der Waals surface area (Å²) < 4.78 is 16.5. The third kappa shape index (κ3) is 4.99. The Bertz CT molecular complexity index is 1000. The number of rotatable bonds is 7. The Morgan fingerprint density at radius 2 is 1.97 bits per heavy atom. The Hall–Kier alpha value is -3.06. The summed E-state index contributed by atoms with van der Waals surface area (Å²) in [4.78, 5) is 15.2. The van der Waals surface area contributed by atoms with Gasteiger partial charge in [-0.25, -0.2) is 0 Å². The second kappa shape index (κ2) is 9.39. The van der Waals surface area contributed by atoms with Crippen molar-refractivity contribution in [1.82, 2.24) is 15.4 Å². The lowest BCUT2D eigenvalue weighted by Gasteiger charge is -2.35. The zero-order valence-electron chi connectivity index (χ0n) is 18.3. The number of ether oxygens (including phenoxy) is 1. The average Bonchev–Trinajstić information content (AvgIpc) is 3.45. The van der Waals surface area contributed by atoms with Crippen molar-refractivity contribution in [3.63, 3.8) is 0 Å². The number of likely N-dealkylation sites (tertiary alicyclic amines) is 1. The van der Waals surface area contributed by atoms with Crippen LogP contribution in [-0.2, 0) is 0 Å². The number of furan rings is 1. The predicted molar refractivity (Wildman–Crippen MR) is 117 cm³/mol. The van der Waals surface area contributed by atoms with Crippen LogP contribution < -0.4 is 10.1 Å². The monoisotopic (exact) mass is 423 g/mol. The molecule has 1 aliphatic rings. The summed E-state index contributed by atoms with van der Waals surface area (Å²) in [5, 5.41) is 6.97. The van der Waals surface area contributed by atoms with E-state index >= 15 is 0 Å². The Labute approximate surface area is 182 Å². The quantitative estimate of drug-likeness (QED) is 0.605. The van der Waals surface area contributed by atoms with Gasteiger partial charge in [-0.1, -0.05) is 12.1 Å². The molecule has 0 radical (unpaired) electrons. The third-order valence-corrected chi connectivity index (χ3v) is 5.92. The largest absolute Gasteiger partial charge is 0.497 e. The van der Waals surface area contributed by atoms with Crippen molar-refractivity contribution >= 4 is 5.91 Å². The van der Waals surface area contributed by atoms with Crippen LogP contribution in [-0.4, -0.2) is 42.7 Å². The molecule has 0 aliphatic carbocycles. The zero-order chi connectivity index (χ0) is 21.8. The topological polar surface area (TPSA) is 80.7 Å². The molecule has 1 atom stereocenters. The Kier molecular flexibility index (Phi) is 6.42. The number of hydrogen-bond acceptors (Lipinski definition) is 6. The van der Waals surface area contributed by atoms with Gasteiger partial charge < -0.3 is 19.0 Å². The highest BCUT2D eigenvalue weighted by molar-refractivity contribution is 5.93. The number of carbonyl (C=O) groups excluding carboxylic acids is 1. The molecule has 1 amide bonds. The fourth-order valence-corrected chi connectivity index (χ4v) is 3.94. The molecule has 31 heavy (non-hydrogen) atoms. The van der Waals surface area contributed by atoms with E-state index in [0.29, 0.717) is 12.3 Å². The summed E-state index contributed by atoms with van der Waals surface area (Å²) in [6, 6.07) is 13.0. The van der Waals surface area contributed by atoms with E-state index in [1.165, 1.54) is 0 Å². The van der Waals surface area contributed by atoms with E-state index < -0.39 is 0 Å². The minimum Gasteiger partial charge on any atom is -0.497 e.